The molecule has 0 spiro atoms. The van der Waals surface area contributed by atoms with Crippen LogP contribution in [0.1, 0.15) is 61.3 Å². The largest absolute Gasteiger partial charge is 0.465 e. The molecule has 0 aromatic carbocycles. The molecule has 0 bridgehead atoms. The Kier molecular flexibility index (Phi) is 9.14. The number of carbonyl (C=O) groups is 1. The number of nitrogens with zero attached hydrogens (tertiary/aromatic N) is 1. The standard InChI is InChI=1S/C17H36N2O2/c1-9-14(5)12-19(8)15(6)11-17(7,18-13(3)4)16(20)21-10-2/h13-15,18H,9-12H2,1-8H3. The Labute approximate surface area is 131 Å². The van der Waals surface area contributed by atoms with Crippen molar-refractivity contribution in [1.82, 2.24) is 10.2 Å². The van der Waals surface area contributed by atoms with Crippen molar-refractivity contribution in [2.24, 2.45) is 5.92 Å². The van der Waals surface area contributed by atoms with Crippen molar-refractivity contribution in [2.45, 2.75) is 78.9 Å². The van der Waals surface area contributed by atoms with Crippen LogP contribution in [0.15, 0.2) is 0 Å². The summed E-state index contributed by atoms with van der Waals surface area (Å²) >= 11 is 0. The van der Waals surface area contributed by atoms with Crippen LogP contribution in [-0.2, 0) is 9.53 Å². The number of rotatable bonds is 10. The van der Waals surface area contributed by atoms with Crippen LogP contribution in [0.3, 0.4) is 0 Å². The Morgan fingerprint density at radius 1 is 1.24 bits per heavy atom. The predicted octanol–water partition coefficient (Wildman–Crippen LogP) is 3.06. The molecule has 0 heterocycles. The third-order valence-corrected chi connectivity index (χ3v) is 4.09. The molecule has 0 aliphatic rings. The maximum absolute atomic E-state index is 12.3. The summed E-state index contributed by atoms with van der Waals surface area (Å²) in [5, 5.41) is 3.39. The van der Waals surface area contributed by atoms with Crippen LogP contribution < -0.4 is 5.32 Å². The Hall–Kier alpha value is -0.610. The van der Waals surface area contributed by atoms with E-state index in [1.807, 2.05) is 13.8 Å². The van der Waals surface area contributed by atoms with E-state index in [1.54, 1.807) is 0 Å². The first-order chi connectivity index (χ1) is 9.66. The van der Waals surface area contributed by atoms with Crippen LogP contribution in [0.5, 0.6) is 0 Å². The SMILES string of the molecule is CCOC(=O)C(C)(CC(C)N(C)CC(C)CC)NC(C)C. The van der Waals surface area contributed by atoms with Gasteiger partial charge in [-0.25, -0.2) is 0 Å². The van der Waals surface area contributed by atoms with Gasteiger partial charge in [0.15, 0.2) is 0 Å². The van der Waals surface area contributed by atoms with Gasteiger partial charge in [0, 0.05) is 18.6 Å². The molecule has 4 heteroatoms. The van der Waals surface area contributed by atoms with E-state index in [1.165, 1.54) is 6.42 Å². The van der Waals surface area contributed by atoms with E-state index in [9.17, 15) is 4.79 Å². The summed E-state index contributed by atoms with van der Waals surface area (Å²) in [5.74, 6) is 0.520. The number of nitrogens with one attached hydrogen (secondary N) is 1. The lowest BCUT2D eigenvalue weighted by Crippen LogP contribution is -2.56. The summed E-state index contributed by atoms with van der Waals surface area (Å²) in [4.78, 5) is 14.7. The minimum Gasteiger partial charge on any atom is -0.465 e. The first-order valence-electron chi connectivity index (χ1n) is 8.31. The molecule has 126 valence electrons. The monoisotopic (exact) mass is 300 g/mol. The number of hydrogen-bond acceptors (Lipinski definition) is 4. The number of hydrogen-bond donors (Lipinski definition) is 1. The second kappa shape index (κ2) is 9.42. The van der Waals surface area contributed by atoms with Crippen LogP contribution in [-0.4, -0.2) is 48.7 Å². The highest BCUT2D eigenvalue weighted by Crippen LogP contribution is 2.20. The van der Waals surface area contributed by atoms with Gasteiger partial charge < -0.3 is 9.64 Å². The highest BCUT2D eigenvalue weighted by atomic mass is 16.5. The lowest BCUT2D eigenvalue weighted by atomic mass is 9.91. The summed E-state index contributed by atoms with van der Waals surface area (Å²) in [5.41, 5.74) is -0.632. The molecule has 0 fully saturated rings. The van der Waals surface area contributed by atoms with Crippen LogP contribution in [0, 0.1) is 5.92 Å². The second-order valence-electron chi connectivity index (χ2n) is 6.86. The zero-order chi connectivity index (χ0) is 16.6. The molecule has 0 aromatic rings. The molecule has 0 saturated heterocycles. The quantitative estimate of drug-likeness (QED) is 0.630. The normalized spacial score (nSPS) is 17.6. The van der Waals surface area contributed by atoms with Gasteiger partial charge in [-0.15, -0.1) is 0 Å². The zero-order valence-corrected chi connectivity index (χ0v) is 15.3. The minimum absolute atomic E-state index is 0.150. The van der Waals surface area contributed by atoms with Crippen molar-refractivity contribution in [3.8, 4) is 0 Å². The average molecular weight is 300 g/mol. The maximum Gasteiger partial charge on any atom is 0.326 e. The fraction of sp³-hybridized carbons (Fsp3) is 0.941. The fourth-order valence-electron chi connectivity index (χ4n) is 2.68. The minimum atomic E-state index is -0.632. The van der Waals surface area contributed by atoms with E-state index >= 15 is 0 Å². The van der Waals surface area contributed by atoms with Crippen LogP contribution in [0.4, 0.5) is 0 Å². The molecule has 4 nitrogen and oxygen atoms in total. The predicted molar refractivity (Wildman–Crippen MR) is 89.5 cm³/mol. The van der Waals surface area contributed by atoms with Gasteiger partial charge in [-0.05, 0) is 54.0 Å². The van der Waals surface area contributed by atoms with Crippen molar-refractivity contribution in [3.05, 3.63) is 0 Å². The average Bonchev–Trinajstić information content (AvgIpc) is 2.37. The van der Waals surface area contributed by atoms with E-state index in [2.05, 4.69) is 51.9 Å². The molecule has 0 saturated carbocycles. The lowest BCUT2D eigenvalue weighted by Gasteiger charge is -2.36. The molecule has 0 radical (unpaired) electrons. The number of ether oxygens (including phenoxy) is 1. The van der Waals surface area contributed by atoms with Crippen molar-refractivity contribution in [1.29, 1.82) is 0 Å². The summed E-state index contributed by atoms with van der Waals surface area (Å²) < 4.78 is 5.27. The van der Waals surface area contributed by atoms with Gasteiger partial charge in [-0.1, -0.05) is 20.3 Å². The van der Waals surface area contributed by atoms with E-state index in [0.29, 0.717) is 18.6 Å². The summed E-state index contributed by atoms with van der Waals surface area (Å²) in [7, 11) is 2.14. The number of carbonyl (C=O) groups excluding carboxylic acids is 1. The van der Waals surface area contributed by atoms with Crippen LogP contribution in [0.25, 0.3) is 0 Å². The van der Waals surface area contributed by atoms with Gasteiger partial charge in [0.2, 0.25) is 0 Å². The molecule has 0 aliphatic carbocycles. The summed E-state index contributed by atoms with van der Waals surface area (Å²) in [6.07, 6.45) is 1.92. The zero-order valence-electron chi connectivity index (χ0n) is 15.3. The molecule has 21 heavy (non-hydrogen) atoms. The van der Waals surface area contributed by atoms with E-state index < -0.39 is 5.54 Å². The fourth-order valence-corrected chi connectivity index (χ4v) is 2.68. The number of esters is 1. The van der Waals surface area contributed by atoms with Crippen LogP contribution >= 0.6 is 0 Å². The van der Waals surface area contributed by atoms with Gasteiger partial charge in [-0.3, -0.25) is 10.1 Å². The third kappa shape index (κ3) is 7.28. The van der Waals surface area contributed by atoms with Crippen molar-refractivity contribution < 1.29 is 9.53 Å². The first kappa shape index (κ1) is 20.4. The van der Waals surface area contributed by atoms with Crippen molar-refractivity contribution in [3.63, 3.8) is 0 Å². The van der Waals surface area contributed by atoms with Gasteiger partial charge in [-0.2, -0.15) is 0 Å². The highest BCUT2D eigenvalue weighted by Gasteiger charge is 2.37. The van der Waals surface area contributed by atoms with Crippen LogP contribution in [0.2, 0.25) is 0 Å². The molecule has 0 amide bonds. The molecule has 0 aromatic heterocycles. The highest BCUT2D eigenvalue weighted by molar-refractivity contribution is 5.80. The molecule has 3 unspecified atom stereocenters. The first-order valence-corrected chi connectivity index (χ1v) is 8.31. The molecule has 3 atom stereocenters. The third-order valence-electron chi connectivity index (χ3n) is 4.09. The van der Waals surface area contributed by atoms with Gasteiger partial charge in [0.05, 0.1) is 6.61 Å². The van der Waals surface area contributed by atoms with E-state index in [4.69, 9.17) is 4.74 Å². The molecular weight excluding hydrogens is 264 g/mol. The topological polar surface area (TPSA) is 41.6 Å². The van der Waals surface area contributed by atoms with Gasteiger partial charge in [0.1, 0.15) is 5.54 Å². The van der Waals surface area contributed by atoms with Gasteiger partial charge >= 0.3 is 5.97 Å². The van der Waals surface area contributed by atoms with Crippen molar-refractivity contribution >= 4 is 5.97 Å². The Balaban J connectivity index is 4.83. The molecule has 0 aliphatic heterocycles. The van der Waals surface area contributed by atoms with Crippen molar-refractivity contribution in [2.75, 3.05) is 20.2 Å². The summed E-state index contributed by atoms with van der Waals surface area (Å²) in [6.45, 7) is 16.1. The summed E-state index contributed by atoms with van der Waals surface area (Å²) in [6, 6.07) is 0.561. The molecular formula is C17H36N2O2. The Morgan fingerprint density at radius 2 is 1.81 bits per heavy atom. The maximum atomic E-state index is 12.3. The molecule has 1 N–H and O–H groups in total. The smallest absolute Gasteiger partial charge is 0.326 e. The van der Waals surface area contributed by atoms with E-state index in [0.717, 1.165) is 13.0 Å². The Morgan fingerprint density at radius 3 is 2.24 bits per heavy atom. The molecule has 0 rings (SSSR count). The lowest BCUT2D eigenvalue weighted by molar-refractivity contribution is -0.151. The van der Waals surface area contributed by atoms with E-state index in [-0.39, 0.29) is 12.0 Å². The second-order valence-corrected chi connectivity index (χ2v) is 6.86. The van der Waals surface area contributed by atoms with Gasteiger partial charge in [0.25, 0.3) is 0 Å². The Bertz CT molecular complexity index is 307.